The molecule has 1 saturated carbocycles. The Morgan fingerprint density at radius 1 is 1.00 bits per heavy atom. The highest BCUT2D eigenvalue weighted by Gasteiger charge is 2.46. The highest BCUT2D eigenvalue weighted by Crippen LogP contribution is 2.62. The number of phenols is 1. The molecule has 0 aromatic heterocycles. The van der Waals surface area contributed by atoms with Crippen molar-refractivity contribution < 1.29 is 19.4 Å². The van der Waals surface area contributed by atoms with E-state index in [0.717, 1.165) is 40.3 Å². The van der Waals surface area contributed by atoms with Gasteiger partial charge in [0.25, 0.3) is 0 Å². The average molecular weight is 374 g/mol. The van der Waals surface area contributed by atoms with Crippen LogP contribution in [0, 0.1) is 12.8 Å². The summed E-state index contributed by atoms with van der Waals surface area (Å²) in [6.07, 6.45) is 1.31. The zero-order valence-electron chi connectivity index (χ0n) is 15.9. The van der Waals surface area contributed by atoms with E-state index in [-0.39, 0.29) is 0 Å². The van der Waals surface area contributed by atoms with Crippen LogP contribution in [-0.2, 0) is 0 Å². The van der Waals surface area contributed by atoms with E-state index in [0.29, 0.717) is 35.0 Å². The molecule has 3 aromatic rings. The first kappa shape index (κ1) is 17.1. The highest BCUT2D eigenvalue weighted by atomic mass is 16.7. The minimum absolute atomic E-state index is 0.310. The van der Waals surface area contributed by atoms with E-state index in [1.165, 1.54) is 0 Å². The van der Waals surface area contributed by atoms with Crippen LogP contribution in [0.25, 0.3) is 10.8 Å². The second-order valence-corrected chi connectivity index (χ2v) is 8.07. The molecule has 3 atom stereocenters. The Bertz CT molecular complexity index is 1090. The fraction of sp³-hybridized carbons (Fsp3) is 0.292. The summed E-state index contributed by atoms with van der Waals surface area (Å²) >= 11 is 0. The number of carbonyl (C=O) groups excluding carboxylic acids is 1. The number of benzene rings is 3. The molecule has 4 nitrogen and oxygen atoms in total. The Morgan fingerprint density at radius 2 is 1.79 bits per heavy atom. The predicted octanol–water partition coefficient (Wildman–Crippen LogP) is 6.04. The summed E-state index contributed by atoms with van der Waals surface area (Å²) in [7, 11) is 0. The third-order valence-corrected chi connectivity index (χ3v) is 6.26. The average Bonchev–Trinajstić information content (AvgIpc) is 3.23. The number of rotatable bonds is 2. The van der Waals surface area contributed by atoms with E-state index in [2.05, 4.69) is 6.92 Å². The van der Waals surface area contributed by atoms with Gasteiger partial charge in [-0.25, -0.2) is 4.79 Å². The molecule has 0 aliphatic heterocycles. The van der Waals surface area contributed by atoms with E-state index in [1.54, 1.807) is 24.3 Å². The lowest BCUT2D eigenvalue weighted by Crippen LogP contribution is -2.17. The quantitative estimate of drug-likeness (QED) is 0.439. The van der Waals surface area contributed by atoms with Crippen molar-refractivity contribution in [1.29, 1.82) is 0 Å². The summed E-state index contributed by atoms with van der Waals surface area (Å²) in [4.78, 5) is 12.6. The van der Waals surface area contributed by atoms with Gasteiger partial charge < -0.3 is 14.6 Å². The zero-order valence-corrected chi connectivity index (χ0v) is 15.9. The van der Waals surface area contributed by atoms with Crippen LogP contribution < -0.4 is 9.47 Å². The lowest BCUT2D eigenvalue weighted by atomic mass is 9.82. The number of hydrogen-bond donors (Lipinski definition) is 1. The lowest BCUT2D eigenvalue weighted by Gasteiger charge is -2.25. The topological polar surface area (TPSA) is 55.8 Å². The smallest absolute Gasteiger partial charge is 0.507 e. The van der Waals surface area contributed by atoms with Crippen LogP contribution in [0.15, 0.2) is 48.5 Å². The Morgan fingerprint density at radius 3 is 2.57 bits per heavy atom. The fourth-order valence-corrected chi connectivity index (χ4v) is 5.06. The third kappa shape index (κ3) is 2.55. The molecule has 0 saturated heterocycles. The maximum atomic E-state index is 12.6. The summed E-state index contributed by atoms with van der Waals surface area (Å²) in [5, 5.41) is 12.5. The number of ether oxygens (including phenoxy) is 2. The van der Waals surface area contributed by atoms with Crippen LogP contribution in [0.5, 0.6) is 17.2 Å². The van der Waals surface area contributed by atoms with Crippen molar-refractivity contribution in [2.45, 2.75) is 38.5 Å². The maximum Gasteiger partial charge on any atom is 0.519 e. The summed E-state index contributed by atoms with van der Waals surface area (Å²) < 4.78 is 11.2. The van der Waals surface area contributed by atoms with Crippen LogP contribution in [0.3, 0.4) is 0 Å². The molecule has 4 heteroatoms. The van der Waals surface area contributed by atoms with Gasteiger partial charge in [-0.2, -0.15) is 0 Å². The van der Waals surface area contributed by atoms with Crippen molar-refractivity contribution in [1.82, 2.24) is 0 Å². The Kier molecular flexibility index (Phi) is 3.83. The van der Waals surface area contributed by atoms with Gasteiger partial charge in [0.15, 0.2) is 0 Å². The molecule has 0 heterocycles. The third-order valence-electron chi connectivity index (χ3n) is 6.26. The molecule has 5 rings (SSSR count). The van der Waals surface area contributed by atoms with E-state index >= 15 is 0 Å². The van der Waals surface area contributed by atoms with Crippen molar-refractivity contribution in [3.63, 3.8) is 0 Å². The zero-order chi connectivity index (χ0) is 19.4. The first-order chi connectivity index (χ1) is 13.5. The number of aromatic hydroxyl groups is 1. The largest absolute Gasteiger partial charge is 0.519 e. The summed E-state index contributed by atoms with van der Waals surface area (Å²) in [6.45, 7) is 4.22. The van der Waals surface area contributed by atoms with Crippen LogP contribution in [0.2, 0.25) is 0 Å². The molecule has 142 valence electrons. The van der Waals surface area contributed by atoms with Gasteiger partial charge in [-0.15, -0.1) is 0 Å². The van der Waals surface area contributed by atoms with Crippen LogP contribution in [-0.4, -0.2) is 11.3 Å². The standard InChI is InChI=1S/C24H22O4/c1-13-8-9-17-19(10-13)23(28-24(26)27-16-6-4-3-5-7-16)20-15-11-14(2)18(12-15)21(20)22(17)25/h3-10,14-15,18,25H,11-12H2,1-2H3. The van der Waals surface area contributed by atoms with Crippen molar-refractivity contribution in [3.8, 4) is 17.2 Å². The van der Waals surface area contributed by atoms with Gasteiger partial charge in [-0.3, -0.25) is 0 Å². The first-order valence-corrected chi connectivity index (χ1v) is 9.76. The predicted molar refractivity (Wildman–Crippen MR) is 107 cm³/mol. The molecule has 2 bridgehead atoms. The van der Waals surface area contributed by atoms with Crippen molar-refractivity contribution in [2.75, 3.05) is 0 Å². The molecule has 0 amide bonds. The number of phenolic OH excluding ortho intramolecular Hbond substituents is 1. The molecule has 2 aliphatic rings. The van der Waals surface area contributed by atoms with E-state index < -0.39 is 6.16 Å². The van der Waals surface area contributed by atoms with Gasteiger partial charge in [0, 0.05) is 21.9 Å². The van der Waals surface area contributed by atoms with Crippen LogP contribution in [0.4, 0.5) is 4.79 Å². The molecule has 2 aliphatic carbocycles. The molecule has 1 fully saturated rings. The SMILES string of the molecule is Cc1ccc2c(O)c3c(c(OC(=O)Oc4ccccc4)c2c1)C1CC(C)C3C1. The lowest BCUT2D eigenvalue weighted by molar-refractivity contribution is 0.152. The van der Waals surface area contributed by atoms with Gasteiger partial charge in [0.2, 0.25) is 0 Å². The number of para-hydroxylation sites is 1. The molecule has 28 heavy (non-hydrogen) atoms. The monoisotopic (exact) mass is 374 g/mol. The summed E-state index contributed by atoms with van der Waals surface area (Å²) in [5.74, 6) is 2.48. The molecule has 1 N–H and O–H groups in total. The van der Waals surface area contributed by atoms with Gasteiger partial charge in [0.05, 0.1) is 0 Å². The Balaban J connectivity index is 1.63. The Labute approximate surface area is 163 Å². The molecular weight excluding hydrogens is 352 g/mol. The second kappa shape index (κ2) is 6.26. The summed E-state index contributed by atoms with van der Waals surface area (Å²) in [6, 6.07) is 14.8. The molecular formula is C24H22O4. The van der Waals surface area contributed by atoms with E-state index in [4.69, 9.17) is 9.47 Å². The van der Waals surface area contributed by atoms with Crippen molar-refractivity contribution in [2.24, 2.45) is 5.92 Å². The van der Waals surface area contributed by atoms with Crippen LogP contribution >= 0.6 is 0 Å². The van der Waals surface area contributed by atoms with Gasteiger partial charge in [0.1, 0.15) is 17.2 Å². The molecule has 0 radical (unpaired) electrons. The number of fused-ring (bicyclic) bond motifs is 6. The maximum absolute atomic E-state index is 12.6. The highest BCUT2D eigenvalue weighted by molar-refractivity contribution is 5.98. The van der Waals surface area contributed by atoms with Crippen molar-refractivity contribution in [3.05, 3.63) is 65.2 Å². The minimum atomic E-state index is -0.752. The Hall–Kier alpha value is -3.01. The summed E-state index contributed by atoms with van der Waals surface area (Å²) in [5.41, 5.74) is 3.00. The first-order valence-electron chi connectivity index (χ1n) is 9.76. The number of carbonyl (C=O) groups is 1. The number of aryl methyl sites for hydroxylation is 1. The number of hydrogen-bond acceptors (Lipinski definition) is 4. The fourth-order valence-electron chi connectivity index (χ4n) is 5.06. The van der Waals surface area contributed by atoms with Gasteiger partial charge in [-0.1, -0.05) is 42.8 Å². The molecule has 0 spiro atoms. The minimum Gasteiger partial charge on any atom is -0.507 e. The van der Waals surface area contributed by atoms with Crippen LogP contribution in [0.1, 0.15) is 48.3 Å². The van der Waals surface area contributed by atoms with Gasteiger partial charge in [-0.05, 0) is 55.7 Å². The van der Waals surface area contributed by atoms with E-state index in [1.807, 2.05) is 31.2 Å². The van der Waals surface area contributed by atoms with Crippen molar-refractivity contribution >= 4 is 16.9 Å². The van der Waals surface area contributed by atoms with E-state index in [9.17, 15) is 9.90 Å². The normalized spacial score (nSPS) is 22.3. The van der Waals surface area contributed by atoms with Gasteiger partial charge >= 0.3 is 6.16 Å². The molecule has 3 unspecified atom stereocenters. The second-order valence-electron chi connectivity index (χ2n) is 8.07. The molecule has 3 aromatic carbocycles.